The Bertz CT molecular complexity index is 119. The second-order valence-corrected chi connectivity index (χ2v) is 3.84. The van der Waals surface area contributed by atoms with Gasteiger partial charge in [0.15, 0.2) is 0 Å². The van der Waals surface area contributed by atoms with Crippen molar-refractivity contribution in [3.63, 3.8) is 0 Å². The van der Waals surface area contributed by atoms with Crippen LogP contribution in [0.4, 0.5) is 0 Å². The van der Waals surface area contributed by atoms with Crippen molar-refractivity contribution < 1.29 is 4.74 Å². The number of rotatable bonds is 2. The molecule has 3 heteroatoms. The molecule has 1 saturated heterocycles. The van der Waals surface area contributed by atoms with E-state index in [4.69, 9.17) is 10.5 Å². The van der Waals surface area contributed by atoms with E-state index >= 15 is 0 Å². The molecule has 1 aliphatic rings. The first-order valence-electron chi connectivity index (χ1n) is 4.57. The molecule has 0 saturated carbocycles. The van der Waals surface area contributed by atoms with Crippen LogP contribution in [0.15, 0.2) is 0 Å². The lowest BCUT2D eigenvalue weighted by Gasteiger charge is -2.30. The predicted molar refractivity (Wildman–Crippen MR) is 53.7 cm³/mol. The molecule has 1 heterocycles. The molecule has 0 aliphatic carbocycles. The highest BCUT2D eigenvalue weighted by molar-refractivity contribution is 5.85. The summed E-state index contributed by atoms with van der Waals surface area (Å²) in [5.74, 6) is 0.698. The molecule has 0 aromatic carbocycles. The molecule has 2 N–H and O–H groups in total. The maximum Gasteiger partial charge on any atom is 0.0728 e. The van der Waals surface area contributed by atoms with E-state index in [2.05, 4.69) is 13.8 Å². The lowest BCUT2D eigenvalue weighted by atomic mass is 9.96. The molecule has 1 aliphatic heterocycles. The van der Waals surface area contributed by atoms with Gasteiger partial charge < -0.3 is 10.5 Å². The Kier molecular flexibility index (Phi) is 5.89. The molecule has 1 rings (SSSR count). The third-order valence-electron chi connectivity index (χ3n) is 2.19. The van der Waals surface area contributed by atoms with Crippen LogP contribution in [0.3, 0.4) is 0 Å². The Morgan fingerprint density at radius 3 is 2.67 bits per heavy atom. The van der Waals surface area contributed by atoms with E-state index in [1.54, 1.807) is 0 Å². The highest BCUT2D eigenvalue weighted by Crippen LogP contribution is 2.18. The number of hydrogen-bond acceptors (Lipinski definition) is 2. The average molecular weight is 194 g/mol. The SMILES string of the molecule is CC(C)CC1OCCCC1N.Cl. The molecule has 74 valence electrons. The van der Waals surface area contributed by atoms with Gasteiger partial charge in [-0.05, 0) is 25.2 Å². The minimum atomic E-state index is 0. The first-order chi connectivity index (χ1) is 5.20. The Morgan fingerprint density at radius 1 is 1.50 bits per heavy atom. The van der Waals surface area contributed by atoms with Gasteiger partial charge in [-0.1, -0.05) is 13.8 Å². The third kappa shape index (κ3) is 3.74. The summed E-state index contributed by atoms with van der Waals surface area (Å²) >= 11 is 0. The largest absolute Gasteiger partial charge is 0.377 e. The maximum atomic E-state index is 5.90. The fraction of sp³-hybridized carbons (Fsp3) is 1.00. The van der Waals surface area contributed by atoms with Crippen molar-refractivity contribution >= 4 is 12.4 Å². The standard InChI is InChI=1S/C9H19NO.ClH/c1-7(2)6-9-8(10)4-3-5-11-9;/h7-9H,3-6,10H2,1-2H3;1H. The van der Waals surface area contributed by atoms with Gasteiger partial charge in [0.05, 0.1) is 6.10 Å². The van der Waals surface area contributed by atoms with E-state index in [0.717, 1.165) is 25.9 Å². The van der Waals surface area contributed by atoms with Gasteiger partial charge in [0, 0.05) is 12.6 Å². The average Bonchev–Trinajstić information content (AvgIpc) is 1.93. The Hall–Kier alpha value is 0.210. The van der Waals surface area contributed by atoms with E-state index in [-0.39, 0.29) is 18.4 Å². The number of nitrogens with two attached hydrogens (primary N) is 1. The van der Waals surface area contributed by atoms with Gasteiger partial charge in [-0.25, -0.2) is 0 Å². The Labute approximate surface area is 81.3 Å². The van der Waals surface area contributed by atoms with Crippen LogP contribution in [0.25, 0.3) is 0 Å². The molecule has 2 atom stereocenters. The molecule has 0 spiro atoms. The number of hydrogen-bond donors (Lipinski definition) is 1. The normalized spacial score (nSPS) is 30.0. The lowest BCUT2D eigenvalue weighted by Crippen LogP contribution is -2.41. The zero-order chi connectivity index (χ0) is 8.27. The first kappa shape index (κ1) is 12.2. The second-order valence-electron chi connectivity index (χ2n) is 3.84. The maximum absolute atomic E-state index is 5.90. The Morgan fingerprint density at radius 2 is 2.17 bits per heavy atom. The summed E-state index contributed by atoms with van der Waals surface area (Å²) in [4.78, 5) is 0. The molecular weight excluding hydrogens is 174 g/mol. The van der Waals surface area contributed by atoms with Crippen LogP contribution in [0, 0.1) is 5.92 Å². The first-order valence-corrected chi connectivity index (χ1v) is 4.57. The van der Waals surface area contributed by atoms with Crippen LogP contribution in [0.2, 0.25) is 0 Å². The van der Waals surface area contributed by atoms with Crippen molar-refractivity contribution in [2.45, 2.75) is 45.3 Å². The van der Waals surface area contributed by atoms with Crippen molar-refractivity contribution in [2.75, 3.05) is 6.61 Å². The van der Waals surface area contributed by atoms with Gasteiger partial charge in [0.2, 0.25) is 0 Å². The van der Waals surface area contributed by atoms with Gasteiger partial charge >= 0.3 is 0 Å². The van der Waals surface area contributed by atoms with E-state index in [9.17, 15) is 0 Å². The topological polar surface area (TPSA) is 35.2 Å². The molecule has 0 bridgehead atoms. The third-order valence-corrected chi connectivity index (χ3v) is 2.19. The fourth-order valence-corrected chi connectivity index (χ4v) is 1.57. The van der Waals surface area contributed by atoms with Crippen LogP contribution in [0.1, 0.15) is 33.1 Å². The minimum absolute atomic E-state index is 0. The van der Waals surface area contributed by atoms with Crippen LogP contribution >= 0.6 is 12.4 Å². The van der Waals surface area contributed by atoms with Gasteiger partial charge in [0.1, 0.15) is 0 Å². The highest BCUT2D eigenvalue weighted by Gasteiger charge is 2.22. The van der Waals surface area contributed by atoms with Gasteiger partial charge in [-0.2, -0.15) is 0 Å². The Balaban J connectivity index is 0.00000121. The summed E-state index contributed by atoms with van der Waals surface area (Å²) in [7, 11) is 0. The smallest absolute Gasteiger partial charge is 0.0728 e. The molecule has 12 heavy (non-hydrogen) atoms. The van der Waals surface area contributed by atoms with Crippen molar-refractivity contribution in [1.82, 2.24) is 0 Å². The van der Waals surface area contributed by atoms with Gasteiger partial charge in [-0.15, -0.1) is 12.4 Å². The fourth-order valence-electron chi connectivity index (χ4n) is 1.57. The highest BCUT2D eigenvalue weighted by atomic mass is 35.5. The minimum Gasteiger partial charge on any atom is -0.377 e. The molecule has 1 fully saturated rings. The van der Waals surface area contributed by atoms with Gasteiger partial charge in [0.25, 0.3) is 0 Å². The zero-order valence-corrected chi connectivity index (χ0v) is 8.77. The molecule has 0 aromatic rings. The summed E-state index contributed by atoms with van der Waals surface area (Å²) in [5, 5.41) is 0. The van der Waals surface area contributed by atoms with Crippen molar-refractivity contribution in [1.29, 1.82) is 0 Å². The molecular formula is C9H20ClNO. The summed E-state index contributed by atoms with van der Waals surface area (Å²) in [6.45, 7) is 5.33. The molecule has 0 radical (unpaired) electrons. The van der Waals surface area contributed by atoms with E-state index in [1.807, 2.05) is 0 Å². The quantitative estimate of drug-likeness (QED) is 0.728. The van der Waals surface area contributed by atoms with Crippen molar-refractivity contribution in [3.8, 4) is 0 Å². The second kappa shape index (κ2) is 5.79. The molecule has 2 unspecified atom stereocenters. The molecule has 0 aromatic heterocycles. The van der Waals surface area contributed by atoms with E-state index in [1.165, 1.54) is 0 Å². The molecule has 2 nitrogen and oxygen atoms in total. The van der Waals surface area contributed by atoms with Crippen molar-refractivity contribution in [2.24, 2.45) is 11.7 Å². The van der Waals surface area contributed by atoms with Crippen LogP contribution in [-0.4, -0.2) is 18.8 Å². The molecule has 0 amide bonds. The van der Waals surface area contributed by atoms with Gasteiger partial charge in [-0.3, -0.25) is 0 Å². The van der Waals surface area contributed by atoms with E-state index in [0.29, 0.717) is 12.0 Å². The van der Waals surface area contributed by atoms with Crippen LogP contribution in [-0.2, 0) is 4.74 Å². The summed E-state index contributed by atoms with van der Waals surface area (Å²) in [6.07, 6.45) is 3.71. The zero-order valence-electron chi connectivity index (χ0n) is 7.95. The number of ether oxygens (including phenoxy) is 1. The summed E-state index contributed by atoms with van der Waals surface area (Å²) in [6, 6.07) is 0.283. The lowest BCUT2D eigenvalue weighted by molar-refractivity contribution is -0.00983. The van der Waals surface area contributed by atoms with Crippen LogP contribution < -0.4 is 5.73 Å². The monoisotopic (exact) mass is 193 g/mol. The van der Waals surface area contributed by atoms with Crippen molar-refractivity contribution in [3.05, 3.63) is 0 Å². The van der Waals surface area contributed by atoms with Crippen LogP contribution in [0.5, 0.6) is 0 Å². The summed E-state index contributed by atoms with van der Waals surface area (Å²) < 4.78 is 5.58. The number of halogens is 1. The summed E-state index contributed by atoms with van der Waals surface area (Å²) in [5.41, 5.74) is 5.90. The van der Waals surface area contributed by atoms with E-state index < -0.39 is 0 Å². The predicted octanol–water partition coefficient (Wildman–Crippen LogP) is 1.96.